The number of nitrogens with zero attached hydrogens (tertiary/aromatic N) is 1. The van der Waals surface area contributed by atoms with Gasteiger partial charge in [0.2, 0.25) is 6.29 Å². The van der Waals surface area contributed by atoms with Crippen LogP contribution in [0.3, 0.4) is 0 Å². The standard InChI is InChI=1S/C12H21NO7/c1-7-6-8(13(2)3)9(19-11(14)16-4)10(18-7)20-12(15)17-5/h7-10H,6H2,1-5H3/t7-,8?,9?,10+/m1/s1. The molecule has 2 unspecified atom stereocenters. The van der Waals surface area contributed by atoms with E-state index >= 15 is 0 Å². The highest BCUT2D eigenvalue weighted by atomic mass is 16.8. The van der Waals surface area contributed by atoms with Crippen molar-refractivity contribution in [1.82, 2.24) is 4.90 Å². The normalized spacial score (nSPS) is 29.7. The van der Waals surface area contributed by atoms with E-state index in [4.69, 9.17) is 14.2 Å². The Morgan fingerprint density at radius 2 is 1.65 bits per heavy atom. The van der Waals surface area contributed by atoms with Gasteiger partial charge in [0.05, 0.1) is 26.4 Å². The fraction of sp³-hybridized carbons (Fsp3) is 0.833. The summed E-state index contributed by atoms with van der Waals surface area (Å²) in [6.45, 7) is 1.85. The lowest BCUT2D eigenvalue weighted by Crippen LogP contribution is -2.56. The Bertz CT molecular complexity index is 347. The van der Waals surface area contributed by atoms with Crippen molar-refractivity contribution in [3.8, 4) is 0 Å². The number of hydrogen-bond donors (Lipinski definition) is 0. The van der Waals surface area contributed by atoms with Crippen LogP contribution in [0, 0.1) is 0 Å². The van der Waals surface area contributed by atoms with Crippen molar-refractivity contribution in [2.45, 2.75) is 37.9 Å². The number of carbonyl (C=O) groups is 2. The van der Waals surface area contributed by atoms with Gasteiger partial charge < -0.3 is 28.6 Å². The zero-order valence-corrected chi connectivity index (χ0v) is 12.3. The van der Waals surface area contributed by atoms with E-state index in [2.05, 4.69) is 9.47 Å². The lowest BCUT2D eigenvalue weighted by molar-refractivity contribution is -0.237. The fourth-order valence-corrected chi connectivity index (χ4v) is 2.05. The minimum atomic E-state index is -1.04. The molecule has 8 heteroatoms. The van der Waals surface area contributed by atoms with Crippen LogP contribution >= 0.6 is 0 Å². The summed E-state index contributed by atoms with van der Waals surface area (Å²) in [6, 6.07) is -0.174. The lowest BCUT2D eigenvalue weighted by atomic mass is 9.99. The molecule has 0 amide bonds. The van der Waals surface area contributed by atoms with E-state index in [1.165, 1.54) is 14.2 Å². The van der Waals surface area contributed by atoms with Crippen LogP contribution in [-0.4, -0.2) is 70.1 Å². The Morgan fingerprint density at radius 3 is 2.15 bits per heavy atom. The summed E-state index contributed by atoms with van der Waals surface area (Å²) >= 11 is 0. The summed E-state index contributed by atoms with van der Waals surface area (Å²) in [5.41, 5.74) is 0. The SMILES string of the molecule is COC(=O)OC1C(N(C)C)C[C@@H](C)O[C@H]1OC(=O)OC. The predicted molar refractivity (Wildman–Crippen MR) is 67.2 cm³/mol. The largest absolute Gasteiger partial charge is 0.510 e. The first-order valence-electron chi connectivity index (χ1n) is 6.20. The van der Waals surface area contributed by atoms with Crippen molar-refractivity contribution in [1.29, 1.82) is 0 Å². The van der Waals surface area contributed by atoms with Gasteiger partial charge in [-0.25, -0.2) is 9.59 Å². The number of likely N-dealkylation sites (N-methyl/N-ethyl adjacent to an activating group) is 1. The van der Waals surface area contributed by atoms with Gasteiger partial charge in [-0.3, -0.25) is 0 Å². The number of ether oxygens (including phenoxy) is 5. The minimum Gasteiger partial charge on any atom is -0.438 e. The summed E-state index contributed by atoms with van der Waals surface area (Å²) in [5, 5.41) is 0. The Balaban J connectivity index is 2.88. The third-order valence-corrected chi connectivity index (χ3v) is 3.03. The zero-order chi connectivity index (χ0) is 15.3. The van der Waals surface area contributed by atoms with E-state index in [1.54, 1.807) is 0 Å². The van der Waals surface area contributed by atoms with Gasteiger partial charge in [0, 0.05) is 0 Å². The topological polar surface area (TPSA) is 83.5 Å². The zero-order valence-electron chi connectivity index (χ0n) is 12.3. The molecule has 8 nitrogen and oxygen atoms in total. The molecular weight excluding hydrogens is 270 g/mol. The molecule has 0 aromatic heterocycles. The van der Waals surface area contributed by atoms with Crippen LogP contribution < -0.4 is 0 Å². The van der Waals surface area contributed by atoms with Gasteiger partial charge in [-0.15, -0.1) is 0 Å². The number of rotatable bonds is 3. The van der Waals surface area contributed by atoms with Crippen molar-refractivity contribution >= 4 is 12.3 Å². The van der Waals surface area contributed by atoms with Crippen LogP contribution in [0.4, 0.5) is 9.59 Å². The molecule has 1 fully saturated rings. The van der Waals surface area contributed by atoms with Crippen LogP contribution in [0.1, 0.15) is 13.3 Å². The van der Waals surface area contributed by atoms with Gasteiger partial charge in [-0.2, -0.15) is 0 Å². The Kier molecular flexibility index (Phi) is 6.03. The highest BCUT2D eigenvalue weighted by Crippen LogP contribution is 2.27. The van der Waals surface area contributed by atoms with Gasteiger partial charge in [0.25, 0.3) is 0 Å². The molecule has 0 aromatic carbocycles. The molecular formula is C12H21NO7. The molecule has 4 atom stereocenters. The first-order chi connectivity index (χ1) is 9.38. The Hall–Kier alpha value is -1.54. The minimum absolute atomic E-state index is 0.158. The van der Waals surface area contributed by atoms with Crippen molar-refractivity contribution in [3.05, 3.63) is 0 Å². The summed E-state index contributed by atoms with van der Waals surface area (Å²) in [6.07, 6.45) is -3.14. The molecule has 1 rings (SSSR count). The average molecular weight is 291 g/mol. The van der Waals surface area contributed by atoms with E-state index in [0.29, 0.717) is 6.42 Å². The predicted octanol–water partition coefficient (Wildman–Crippen LogP) is 0.986. The van der Waals surface area contributed by atoms with E-state index in [1.807, 2.05) is 25.9 Å². The fourth-order valence-electron chi connectivity index (χ4n) is 2.05. The third kappa shape index (κ3) is 4.24. The number of carbonyl (C=O) groups excluding carboxylic acids is 2. The molecule has 0 radical (unpaired) electrons. The van der Waals surface area contributed by atoms with Crippen LogP contribution in [0.5, 0.6) is 0 Å². The van der Waals surface area contributed by atoms with Gasteiger partial charge >= 0.3 is 12.3 Å². The molecule has 0 spiro atoms. The van der Waals surface area contributed by atoms with Gasteiger partial charge in [-0.1, -0.05) is 0 Å². The van der Waals surface area contributed by atoms with Gasteiger partial charge in [-0.05, 0) is 27.4 Å². The maximum atomic E-state index is 11.3. The molecule has 0 N–H and O–H groups in total. The smallest absolute Gasteiger partial charge is 0.438 e. The van der Waals surface area contributed by atoms with Crippen LogP contribution in [-0.2, 0) is 23.7 Å². The maximum Gasteiger partial charge on any atom is 0.510 e. The number of methoxy groups -OCH3 is 2. The van der Waals surface area contributed by atoms with E-state index in [9.17, 15) is 9.59 Å². The first-order valence-corrected chi connectivity index (χ1v) is 6.20. The maximum absolute atomic E-state index is 11.3. The first kappa shape index (κ1) is 16.5. The van der Waals surface area contributed by atoms with Crippen LogP contribution in [0.15, 0.2) is 0 Å². The van der Waals surface area contributed by atoms with Crippen LogP contribution in [0.25, 0.3) is 0 Å². The van der Waals surface area contributed by atoms with Crippen molar-refractivity contribution < 1.29 is 33.3 Å². The second-order valence-electron chi connectivity index (χ2n) is 4.69. The molecule has 0 bridgehead atoms. The molecule has 0 aliphatic carbocycles. The van der Waals surface area contributed by atoms with Crippen molar-refractivity contribution in [2.75, 3.05) is 28.3 Å². The molecule has 1 aliphatic heterocycles. The molecule has 0 saturated carbocycles. The van der Waals surface area contributed by atoms with E-state index in [0.717, 1.165) is 0 Å². The molecule has 0 aromatic rings. The second-order valence-corrected chi connectivity index (χ2v) is 4.69. The van der Waals surface area contributed by atoms with E-state index in [-0.39, 0.29) is 12.1 Å². The quantitative estimate of drug-likeness (QED) is 0.712. The monoisotopic (exact) mass is 291 g/mol. The van der Waals surface area contributed by atoms with E-state index < -0.39 is 24.7 Å². The number of hydrogen-bond acceptors (Lipinski definition) is 8. The van der Waals surface area contributed by atoms with Gasteiger partial charge in [0.1, 0.15) is 0 Å². The summed E-state index contributed by atoms with van der Waals surface area (Å²) < 4.78 is 24.6. The molecule has 1 saturated heterocycles. The van der Waals surface area contributed by atoms with Crippen LogP contribution in [0.2, 0.25) is 0 Å². The van der Waals surface area contributed by atoms with Gasteiger partial charge in [0.15, 0.2) is 6.10 Å². The molecule has 20 heavy (non-hydrogen) atoms. The highest BCUT2D eigenvalue weighted by molar-refractivity contribution is 5.61. The molecule has 1 aliphatic rings. The molecule has 116 valence electrons. The second kappa shape index (κ2) is 7.30. The summed E-state index contributed by atoms with van der Waals surface area (Å²) in [7, 11) is 6.07. The van der Waals surface area contributed by atoms with Crippen molar-refractivity contribution in [2.24, 2.45) is 0 Å². The third-order valence-electron chi connectivity index (χ3n) is 3.03. The lowest BCUT2D eigenvalue weighted by Gasteiger charge is -2.41. The molecule has 1 heterocycles. The summed E-state index contributed by atoms with van der Waals surface area (Å²) in [5.74, 6) is 0. The Morgan fingerprint density at radius 1 is 1.10 bits per heavy atom. The average Bonchev–Trinajstić information content (AvgIpc) is 2.40. The van der Waals surface area contributed by atoms with Crippen molar-refractivity contribution in [3.63, 3.8) is 0 Å². The summed E-state index contributed by atoms with van der Waals surface area (Å²) in [4.78, 5) is 24.5. The Labute approximate surface area is 117 Å². The highest BCUT2D eigenvalue weighted by Gasteiger charge is 2.44.